The largest absolute Gasteiger partial charge is 0.0776 e. The summed E-state index contributed by atoms with van der Waals surface area (Å²) in [5.74, 6) is 0. The van der Waals surface area contributed by atoms with E-state index in [-0.39, 0.29) is 44.0 Å². The van der Waals surface area contributed by atoms with Crippen molar-refractivity contribution in [3.8, 4) is 0 Å². The molecule has 52 valence electrons. The Bertz CT molecular complexity index is 12.1. The van der Waals surface area contributed by atoms with Crippen molar-refractivity contribution < 1.29 is 14.3 Å². The molecule has 4 heavy (non-hydrogen) atoms. The molecule has 0 heteroatoms. The van der Waals surface area contributed by atoms with Crippen LogP contribution in [0.3, 0.4) is 0 Å². The molecule has 0 aliphatic heterocycles. The highest BCUT2D eigenvalue weighted by Crippen LogP contribution is 0.147. The Hall–Kier alpha value is 0. The standard InChI is InChI=1S/4CH4.10H2/h4*1H4;10*1H/i;;;;10*1+1. The molecule has 0 rings (SSSR count). The maximum atomic E-state index is 0. The van der Waals surface area contributed by atoms with Gasteiger partial charge in [0.2, 0.25) is 0 Å². The second-order valence-corrected chi connectivity index (χ2v) is 0. The molecule has 0 N–H and O–H groups in total. The van der Waals surface area contributed by atoms with Crippen LogP contribution in [0.4, 0.5) is 0 Å². The topological polar surface area (TPSA) is 0 Å². The Morgan fingerprint density at radius 1 is 0.500 bits per heavy atom. The van der Waals surface area contributed by atoms with Gasteiger partial charge in [0, 0.05) is 14.3 Å². The maximum Gasteiger partial charge on any atom is 0 e. The second-order valence-electron chi connectivity index (χ2n) is 0. The zero-order chi connectivity index (χ0) is 0. The molecule has 0 radical (unpaired) electrons. The maximum absolute atomic E-state index is 0. The first-order valence-electron chi connectivity index (χ1n) is 0. The molecular weight excluding hydrogens is 48.0 g/mol. The molecule has 0 saturated heterocycles. The summed E-state index contributed by atoms with van der Waals surface area (Å²) >= 11 is 0. The van der Waals surface area contributed by atoms with Crippen molar-refractivity contribution in [1.29, 1.82) is 0 Å². The van der Waals surface area contributed by atoms with E-state index in [9.17, 15) is 0 Å². The van der Waals surface area contributed by atoms with Gasteiger partial charge in [0.05, 0.1) is 0 Å². The first-order valence-corrected chi connectivity index (χ1v) is 0. The summed E-state index contributed by atoms with van der Waals surface area (Å²) in [5, 5.41) is 0. The van der Waals surface area contributed by atoms with E-state index in [2.05, 4.69) is 0 Å². The van der Waals surface area contributed by atoms with Crippen molar-refractivity contribution in [2.45, 2.75) is 29.7 Å². The molecule has 0 unspecified atom stereocenters. The lowest BCUT2D eigenvalue weighted by Gasteiger charge is -0.0786. The third kappa shape index (κ3) is 0. The van der Waals surface area contributed by atoms with Crippen molar-refractivity contribution >= 4 is 0 Å². The molecule has 0 fully saturated rings. The first-order chi connectivity index (χ1) is 0. The fourth-order valence-corrected chi connectivity index (χ4v) is 0. The van der Waals surface area contributed by atoms with Crippen LogP contribution in [0.25, 0.3) is 0 Å². The van der Waals surface area contributed by atoms with Crippen molar-refractivity contribution in [2.75, 3.05) is 0 Å². The predicted molar refractivity (Wildman–Crippen MR) is 48.1 cm³/mol. The molecule has 0 aromatic carbocycles. The third-order valence-electron chi connectivity index (χ3n) is 0. The van der Waals surface area contributed by atoms with Crippen LogP contribution in [0.15, 0.2) is 0 Å². The van der Waals surface area contributed by atoms with E-state index in [1.165, 1.54) is 0 Å². The van der Waals surface area contributed by atoms with E-state index in [1.807, 2.05) is 0 Å². The minimum absolute atomic E-state index is 0. The van der Waals surface area contributed by atoms with Gasteiger partial charge < -0.3 is 0 Å². The molecule has 0 spiro atoms. The lowest BCUT2D eigenvalue weighted by molar-refractivity contribution is 2.50. The normalized spacial score (nSPS) is 0. The van der Waals surface area contributed by atoms with E-state index >= 15 is 0 Å². The first kappa shape index (κ1) is 0. The summed E-state index contributed by atoms with van der Waals surface area (Å²) < 4.78 is 0. The third-order valence-corrected chi connectivity index (χ3v) is 0. The molecule has 0 aliphatic rings. The fraction of sp³-hybridized carbons (Fsp3) is 1.00. The van der Waals surface area contributed by atoms with Crippen molar-refractivity contribution in [1.82, 2.24) is 0 Å². The predicted octanol–water partition coefficient (Wildman–Crippen LogP) is 5.00. The molecule has 0 heterocycles. The summed E-state index contributed by atoms with van der Waals surface area (Å²) in [4.78, 5) is 0. The van der Waals surface area contributed by atoms with Crippen LogP contribution in [0.5, 0.6) is 0 Å². The number of rotatable bonds is 0. The lowest BCUT2D eigenvalue weighted by atomic mass is 12.0. The van der Waals surface area contributed by atoms with Gasteiger partial charge in [-0.15, -0.1) is 0 Å². The van der Waals surface area contributed by atoms with Gasteiger partial charge in [-0.2, -0.15) is 0 Å². The quantitative estimate of drug-likeness (QED) is 0.396. The summed E-state index contributed by atoms with van der Waals surface area (Å²) in [6, 6.07) is 0. The van der Waals surface area contributed by atoms with Gasteiger partial charge in [0.1, 0.15) is 0 Å². The van der Waals surface area contributed by atoms with E-state index in [0.29, 0.717) is 0 Å². The van der Waals surface area contributed by atoms with Gasteiger partial charge in [-0.3, -0.25) is 0 Å². The second kappa shape index (κ2) is 0. The Balaban J connectivity index is 0. The zero-order valence-electron chi connectivity index (χ0n) is 0. The SMILES string of the molecule is C.C.C.C.[2HH].[2HH].[2HH].[2HH].[2HH].[2HH].[2HH].[2HH].[2HH].[2HH]. The van der Waals surface area contributed by atoms with Crippen molar-refractivity contribution in [3.63, 3.8) is 0 Å². The van der Waals surface area contributed by atoms with Gasteiger partial charge in [-0.1, -0.05) is 29.7 Å². The minimum Gasteiger partial charge on any atom is -0.0776 e. The highest BCUT2D eigenvalue weighted by molar-refractivity contribution is 2.51. The van der Waals surface area contributed by atoms with Crippen LogP contribution in [0.1, 0.15) is 44.0 Å². The summed E-state index contributed by atoms with van der Waals surface area (Å²) in [7, 11) is 0. The van der Waals surface area contributed by atoms with Crippen LogP contribution >= 0.6 is 0 Å². The summed E-state index contributed by atoms with van der Waals surface area (Å²) in [5.41, 5.74) is 0. The molecule has 0 amide bonds. The van der Waals surface area contributed by atoms with Crippen LogP contribution in [-0.2, 0) is 0 Å². The van der Waals surface area contributed by atoms with Gasteiger partial charge in [0.25, 0.3) is 0 Å². The van der Waals surface area contributed by atoms with E-state index in [1.54, 1.807) is 0 Å². The molecule has 0 aromatic heterocycles. The fourth-order valence-electron chi connectivity index (χ4n) is 0. The van der Waals surface area contributed by atoms with Crippen LogP contribution in [0, 0.1) is 0 Å². The summed E-state index contributed by atoms with van der Waals surface area (Å²) in [6.07, 6.45) is 0. The lowest BCUT2D eigenvalue weighted by Crippen LogP contribution is 0.143. The summed E-state index contributed by atoms with van der Waals surface area (Å²) in [6.45, 7) is 0. The molecular formula is C4H36. The zero-order valence-corrected chi connectivity index (χ0v) is 0. The van der Waals surface area contributed by atoms with Gasteiger partial charge in [-0.25, -0.2) is 0 Å². The average Bonchev–Trinajstić information content (AvgIpc) is 0. The van der Waals surface area contributed by atoms with Crippen LogP contribution < -0.4 is 0 Å². The Kier molecular flexibility index (Phi) is 0. The number of hydrogen-bond donors (Lipinski definition) is 0. The highest BCUT2D eigenvalue weighted by Gasteiger charge is -0.0746. The molecule has 0 saturated carbocycles. The van der Waals surface area contributed by atoms with Gasteiger partial charge in [0.15, 0.2) is 0 Å². The van der Waals surface area contributed by atoms with Crippen LogP contribution in [-0.4, -0.2) is 0 Å². The van der Waals surface area contributed by atoms with Crippen molar-refractivity contribution in [2.24, 2.45) is 0 Å². The highest BCUT2D eigenvalue weighted by atomic mass is 12.0. The molecule has 0 aromatic rings. The Labute approximate surface area is 45.7 Å². The Morgan fingerprint density at radius 2 is 0.500 bits per heavy atom. The average molecular weight is 94.4 g/mol. The van der Waals surface area contributed by atoms with Crippen LogP contribution in [0.2, 0.25) is 0 Å². The van der Waals surface area contributed by atoms with Gasteiger partial charge in [-0.05, 0) is 0 Å². The minimum atomic E-state index is 0. The monoisotopic (exact) mass is 94.3 g/mol. The van der Waals surface area contributed by atoms with E-state index in [4.69, 9.17) is 0 Å². The van der Waals surface area contributed by atoms with Gasteiger partial charge >= 0.3 is 0 Å². The number of hydrogen-bond acceptors (Lipinski definition) is 0. The smallest absolute Gasteiger partial charge is 0 e. The van der Waals surface area contributed by atoms with E-state index < -0.39 is 0 Å². The molecule has 0 bridgehead atoms. The Morgan fingerprint density at radius 3 is 0.500 bits per heavy atom. The van der Waals surface area contributed by atoms with Crippen molar-refractivity contribution in [3.05, 3.63) is 0 Å². The molecule has 0 aliphatic carbocycles. The van der Waals surface area contributed by atoms with E-state index in [0.717, 1.165) is 0 Å². The molecule has 0 nitrogen and oxygen atoms in total. The molecule has 0 atom stereocenters.